The van der Waals surface area contributed by atoms with Crippen molar-refractivity contribution < 1.29 is 9.53 Å². The Balaban J connectivity index is 3.88. The van der Waals surface area contributed by atoms with Gasteiger partial charge in [0.05, 0.1) is 23.7 Å². The molecule has 72 valence electrons. The van der Waals surface area contributed by atoms with Crippen LogP contribution in [0, 0.1) is 0 Å². The number of hydrogen-bond donors (Lipinski definition) is 1. The zero-order chi connectivity index (χ0) is 9.61. The molecule has 0 saturated carbocycles. The van der Waals surface area contributed by atoms with E-state index in [-0.39, 0.29) is 5.65 Å². The summed E-state index contributed by atoms with van der Waals surface area (Å²) in [6.45, 7) is 2.79. The largest absolute Gasteiger partial charge is 0.373 e. The first kappa shape index (κ1) is 12.6. The van der Waals surface area contributed by atoms with Gasteiger partial charge in [-0.25, -0.2) is 4.79 Å². The Bertz CT molecular complexity index is 154. The molecule has 6 heteroatoms. The second-order valence-electron chi connectivity index (χ2n) is 2.51. The Morgan fingerprint density at radius 3 is 2.58 bits per heavy atom. The van der Waals surface area contributed by atoms with Crippen molar-refractivity contribution in [3.8, 4) is 0 Å². The van der Waals surface area contributed by atoms with E-state index in [9.17, 15) is 4.79 Å². The van der Waals surface area contributed by atoms with Gasteiger partial charge in [0.15, 0.2) is 6.46 Å². The highest BCUT2D eigenvalue weighted by Gasteiger charge is 2.37. The molecule has 0 aromatic heterocycles. The highest BCUT2D eigenvalue weighted by molar-refractivity contribution is 9.03. The van der Waals surface area contributed by atoms with Crippen LogP contribution < -0.4 is 5.32 Å². The van der Waals surface area contributed by atoms with Gasteiger partial charge in [-0.1, -0.05) is 10.8 Å². The summed E-state index contributed by atoms with van der Waals surface area (Å²) in [5, 5.41) is 2.71. The molecule has 1 N–H and O–H groups in total. The Labute approximate surface area is 81.9 Å². The molecule has 12 heavy (non-hydrogen) atoms. The van der Waals surface area contributed by atoms with Gasteiger partial charge >= 0.3 is 5.65 Å². The van der Waals surface area contributed by atoms with Gasteiger partial charge in [0.2, 0.25) is 0 Å². The van der Waals surface area contributed by atoms with Crippen molar-refractivity contribution in [3.63, 3.8) is 0 Å². The van der Waals surface area contributed by atoms with E-state index in [0.717, 1.165) is 0 Å². The second kappa shape index (κ2) is 6.08. The molecule has 0 aliphatic heterocycles. The van der Waals surface area contributed by atoms with E-state index >= 15 is 0 Å². The topological polar surface area (TPSA) is 38.3 Å². The molecule has 0 heterocycles. The smallest absolute Gasteiger partial charge is 0.364 e. The molecule has 0 aliphatic rings. The third kappa shape index (κ3) is 4.55. The van der Waals surface area contributed by atoms with Crippen LogP contribution in [-0.2, 0) is 4.74 Å². The van der Waals surface area contributed by atoms with E-state index < -0.39 is 6.46 Å². The zero-order valence-corrected chi connectivity index (χ0v) is 10.3. The van der Waals surface area contributed by atoms with Gasteiger partial charge in [-0.3, -0.25) is 5.32 Å². The second-order valence-corrected chi connectivity index (χ2v) is 11.6. The predicted octanol–water partition coefficient (Wildman–Crippen LogP) is 2.50. The van der Waals surface area contributed by atoms with Crippen LogP contribution >= 0.6 is 27.7 Å². The van der Waals surface area contributed by atoms with Crippen LogP contribution in [0.4, 0.5) is 4.79 Å². The van der Waals surface area contributed by atoms with Crippen molar-refractivity contribution in [1.82, 2.24) is 5.32 Å². The third-order valence-electron chi connectivity index (χ3n) is 1.12. The first-order valence-corrected chi connectivity index (χ1v) is 9.23. The fraction of sp³-hybridized carbons (Fsp3) is 0.833. The SMILES string of the molecule is COCNC(=O)[P+](C)(C)SSC. The summed E-state index contributed by atoms with van der Waals surface area (Å²) in [4.78, 5) is 11.4. The van der Waals surface area contributed by atoms with E-state index in [4.69, 9.17) is 4.74 Å². The van der Waals surface area contributed by atoms with Crippen LogP contribution in [0.1, 0.15) is 0 Å². The summed E-state index contributed by atoms with van der Waals surface area (Å²) in [5.41, 5.74) is 0.115. The number of ether oxygens (including phenoxy) is 1. The van der Waals surface area contributed by atoms with Crippen LogP contribution in [0.15, 0.2) is 0 Å². The number of carbonyl (C=O) groups is 1. The fourth-order valence-electron chi connectivity index (χ4n) is 0.544. The van der Waals surface area contributed by atoms with Crippen molar-refractivity contribution in [1.29, 1.82) is 0 Å². The van der Waals surface area contributed by atoms with Crippen molar-refractivity contribution in [2.45, 2.75) is 0 Å². The lowest BCUT2D eigenvalue weighted by Crippen LogP contribution is -2.24. The number of methoxy groups -OCH3 is 1. The van der Waals surface area contributed by atoms with Crippen molar-refractivity contribution in [2.24, 2.45) is 0 Å². The minimum atomic E-state index is -1.51. The number of amides is 1. The Kier molecular flexibility index (Phi) is 6.36. The van der Waals surface area contributed by atoms with Gasteiger partial charge in [0.1, 0.15) is 6.73 Å². The molecular formula is C6H15NO2PS2+. The number of nitrogens with one attached hydrogen (secondary N) is 1. The molecule has 0 spiro atoms. The van der Waals surface area contributed by atoms with E-state index in [1.54, 1.807) is 28.3 Å². The maximum Gasteiger partial charge on any atom is 0.373 e. The lowest BCUT2D eigenvalue weighted by molar-refractivity contribution is 0.179. The molecule has 0 atom stereocenters. The first-order valence-electron chi connectivity index (χ1n) is 3.38. The average molecular weight is 228 g/mol. The minimum Gasteiger partial charge on any atom is -0.364 e. The molecule has 0 aromatic carbocycles. The predicted molar refractivity (Wildman–Crippen MR) is 60.3 cm³/mol. The van der Waals surface area contributed by atoms with Gasteiger partial charge in [0, 0.05) is 7.11 Å². The monoisotopic (exact) mass is 228 g/mol. The maximum absolute atomic E-state index is 11.4. The molecule has 3 nitrogen and oxygen atoms in total. The number of hydrogen-bond acceptors (Lipinski definition) is 4. The van der Waals surface area contributed by atoms with Crippen LogP contribution in [0.2, 0.25) is 0 Å². The van der Waals surface area contributed by atoms with Crippen LogP contribution in [-0.4, -0.2) is 39.1 Å². The zero-order valence-electron chi connectivity index (χ0n) is 7.79. The van der Waals surface area contributed by atoms with Crippen LogP contribution in [0.25, 0.3) is 0 Å². The minimum absolute atomic E-state index is 0.115. The van der Waals surface area contributed by atoms with Crippen LogP contribution in [0.3, 0.4) is 0 Å². The van der Waals surface area contributed by atoms with E-state index in [1.165, 1.54) is 0 Å². The molecule has 0 fully saturated rings. The van der Waals surface area contributed by atoms with Gasteiger partial charge < -0.3 is 4.74 Å². The first-order chi connectivity index (χ1) is 5.54. The molecule has 0 unspecified atom stereocenters. The van der Waals surface area contributed by atoms with Crippen molar-refractivity contribution >= 4 is 33.3 Å². The van der Waals surface area contributed by atoms with Crippen molar-refractivity contribution in [2.75, 3.05) is 33.4 Å². The van der Waals surface area contributed by atoms with Gasteiger partial charge in [-0.05, 0) is 6.26 Å². The summed E-state index contributed by atoms with van der Waals surface area (Å²) in [7, 11) is 4.85. The normalized spacial score (nSPS) is 11.3. The Morgan fingerprint density at radius 2 is 2.17 bits per heavy atom. The molecular weight excluding hydrogens is 213 g/mol. The summed E-state index contributed by atoms with van der Waals surface area (Å²) in [6, 6.07) is 0. The summed E-state index contributed by atoms with van der Waals surface area (Å²) in [5.74, 6) is 0. The van der Waals surface area contributed by atoms with E-state index in [0.29, 0.717) is 6.73 Å². The van der Waals surface area contributed by atoms with Gasteiger partial charge in [0.25, 0.3) is 0 Å². The third-order valence-corrected chi connectivity index (χ3v) is 9.53. The van der Waals surface area contributed by atoms with E-state index in [2.05, 4.69) is 5.32 Å². The summed E-state index contributed by atoms with van der Waals surface area (Å²) >= 11 is 0. The lowest BCUT2D eigenvalue weighted by atomic mass is 11.1. The van der Waals surface area contributed by atoms with Crippen LogP contribution in [0.5, 0.6) is 0 Å². The molecule has 0 bridgehead atoms. The molecule has 0 aliphatic carbocycles. The summed E-state index contributed by atoms with van der Waals surface area (Å²) < 4.78 is 4.76. The maximum atomic E-state index is 11.4. The molecule has 0 aromatic rings. The quantitative estimate of drug-likeness (QED) is 0.446. The molecule has 1 amide bonds. The lowest BCUT2D eigenvalue weighted by Gasteiger charge is -2.12. The Hall–Kier alpha value is 0.560. The highest BCUT2D eigenvalue weighted by atomic mass is 33.3. The molecule has 0 radical (unpaired) electrons. The number of rotatable bonds is 5. The fourth-order valence-corrected chi connectivity index (χ4v) is 6.91. The van der Waals surface area contributed by atoms with Gasteiger partial charge in [-0.15, -0.1) is 0 Å². The number of carbonyl (C=O) groups excluding carboxylic acids is 1. The Morgan fingerprint density at radius 1 is 1.58 bits per heavy atom. The average Bonchev–Trinajstić information content (AvgIpc) is 2.00. The summed E-state index contributed by atoms with van der Waals surface area (Å²) in [6.07, 6.45) is 1.98. The van der Waals surface area contributed by atoms with Gasteiger partial charge in [-0.2, -0.15) is 0 Å². The molecule has 0 saturated heterocycles. The highest BCUT2D eigenvalue weighted by Crippen LogP contribution is 2.68. The van der Waals surface area contributed by atoms with E-state index in [1.807, 2.05) is 19.6 Å². The van der Waals surface area contributed by atoms with Crippen molar-refractivity contribution in [3.05, 3.63) is 0 Å². The standard InChI is InChI=1S/C6H14NO2PS2/c1-9-5-7-6(8)10(2,3)12-11-4/h5H2,1-4H3/p+1. The molecule has 0 rings (SSSR count).